The van der Waals surface area contributed by atoms with Crippen molar-refractivity contribution in [2.24, 2.45) is 5.11 Å². The zero-order chi connectivity index (χ0) is 14.7. The van der Waals surface area contributed by atoms with E-state index >= 15 is 0 Å². The van der Waals surface area contributed by atoms with Gasteiger partial charge in [0.25, 0.3) is 0 Å². The molecule has 0 fully saturated rings. The molecule has 0 aliphatic carbocycles. The molecule has 104 valence electrons. The van der Waals surface area contributed by atoms with Gasteiger partial charge in [-0.3, -0.25) is 4.98 Å². The Balaban J connectivity index is 2.43. The van der Waals surface area contributed by atoms with E-state index in [0.29, 0.717) is 0 Å². The number of fused-ring (bicyclic) bond motifs is 1. The van der Waals surface area contributed by atoms with Gasteiger partial charge in [0.2, 0.25) is 0 Å². The fraction of sp³-hybridized carbons (Fsp3) is 0.273. The molecular weight excluding hydrogens is 268 g/mol. The van der Waals surface area contributed by atoms with Crippen LogP contribution in [0.2, 0.25) is 0 Å². The summed E-state index contributed by atoms with van der Waals surface area (Å²) < 4.78 is 4.37. The number of aromatic nitrogens is 1. The quantitative estimate of drug-likeness (QED) is 0.414. The van der Waals surface area contributed by atoms with Crippen LogP contribution in [0, 0.1) is 0 Å². The Morgan fingerprint density at radius 3 is 2.85 bits per heavy atom. The molecule has 9 nitrogen and oxygen atoms in total. The van der Waals surface area contributed by atoms with Crippen molar-refractivity contribution in [3.05, 3.63) is 55.2 Å². The first-order valence-electron chi connectivity index (χ1n) is 5.57. The SMILES string of the molecule is [N-]=[N+]=NCC(O)C(O)c1ccc2[nH]c(=O)oc(=O)c2c1. The lowest BCUT2D eigenvalue weighted by Gasteiger charge is -2.16. The molecule has 1 heterocycles. The third kappa shape index (κ3) is 2.69. The van der Waals surface area contributed by atoms with Gasteiger partial charge in [-0.15, -0.1) is 0 Å². The Bertz CT molecular complexity index is 789. The monoisotopic (exact) mass is 278 g/mol. The Morgan fingerprint density at radius 1 is 1.40 bits per heavy atom. The second-order valence-corrected chi connectivity index (χ2v) is 4.03. The molecule has 2 unspecified atom stereocenters. The molecule has 1 aromatic heterocycles. The minimum absolute atomic E-state index is 0.0668. The summed E-state index contributed by atoms with van der Waals surface area (Å²) in [4.78, 5) is 27.3. The van der Waals surface area contributed by atoms with E-state index in [2.05, 4.69) is 19.4 Å². The number of H-pyrrole nitrogens is 1. The zero-order valence-electron chi connectivity index (χ0n) is 10.1. The molecule has 2 atom stereocenters. The van der Waals surface area contributed by atoms with Gasteiger partial charge >= 0.3 is 11.4 Å². The molecule has 2 aromatic rings. The topological polar surface area (TPSA) is 152 Å². The molecule has 0 saturated carbocycles. The summed E-state index contributed by atoms with van der Waals surface area (Å²) in [6.07, 6.45) is -2.64. The van der Waals surface area contributed by atoms with Crippen molar-refractivity contribution in [3.63, 3.8) is 0 Å². The van der Waals surface area contributed by atoms with Crippen LogP contribution in [0.15, 0.2) is 37.3 Å². The van der Waals surface area contributed by atoms with Crippen molar-refractivity contribution >= 4 is 10.9 Å². The first-order valence-corrected chi connectivity index (χ1v) is 5.57. The van der Waals surface area contributed by atoms with Crippen molar-refractivity contribution in [2.45, 2.75) is 12.2 Å². The smallest absolute Gasteiger partial charge is 0.390 e. The largest absolute Gasteiger partial charge is 0.419 e. The lowest BCUT2D eigenvalue weighted by Crippen LogP contribution is -2.21. The third-order valence-electron chi connectivity index (χ3n) is 2.72. The van der Waals surface area contributed by atoms with Gasteiger partial charge in [0.1, 0.15) is 6.10 Å². The summed E-state index contributed by atoms with van der Waals surface area (Å²) in [5.41, 5.74) is 7.79. The van der Waals surface area contributed by atoms with E-state index < -0.39 is 23.6 Å². The van der Waals surface area contributed by atoms with E-state index in [-0.39, 0.29) is 23.0 Å². The number of hydrogen-bond donors (Lipinski definition) is 3. The zero-order valence-corrected chi connectivity index (χ0v) is 10.1. The number of nitrogens with one attached hydrogen (secondary N) is 1. The van der Waals surface area contributed by atoms with Crippen molar-refractivity contribution in [2.75, 3.05) is 6.54 Å². The van der Waals surface area contributed by atoms with Crippen LogP contribution in [0.4, 0.5) is 0 Å². The molecule has 20 heavy (non-hydrogen) atoms. The standard InChI is InChI=1S/C11H10N4O5/c12-15-13-4-8(16)9(17)5-1-2-7-6(3-5)10(18)20-11(19)14-7/h1-3,8-9,16-17H,4H2,(H,14,19). The molecule has 9 heteroatoms. The Hall–Kier alpha value is -2.61. The second-order valence-electron chi connectivity index (χ2n) is 4.03. The highest BCUT2D eigenvalue weighted by atomic mass is 16.4. The molecule has 0 aliphatic heterocycles. The van der Waals surface area contributed by atoms with Crippen LogP contribution in [0.1, 0.15) is 11.7 Å². The Labute approximate surface area is 110 Å². The Morgan fingerprint density at radius 2 is 2.15 bits per heavy atom. The molecule has 3 N–H and O–H groups in total. The summed E-state index contributed by atoms with van der Waals surface area (Å²) in [5, 5.41) is 22.7. The molecule has 0 radical (unpaired) electrons. The summed E-state index contributed by atoms with van der Waals surface area (Å²) in [6, 6.07) is 4.13. The van der Waals surface area contributed by atoms with Crippen LogP contribution in [-0.4, -0.2) is 27.8 Å². The average molecular weight is 278 g/mol. The molecule has 2 rings (SSSR count). The highest BCUT2D eigenvalue weighted by molar-refractivity contribution is 5.77. The molecule has 0 bridgehead atoms. The van der Waals surface area contributed by atoms with Gasteiger partial charge in [0.05, 0.1) is 23.6 Å². The van der Waals surface area contributed by atoms with E-state index in [1.54, 1.807) is 0 Å². The van der Waals surface area contributed by atoms with E-state index in [1.807, 2.05) is 0 Å². The molecular formula is C11H10N4O5. The number of aliphatic hydroxyl groups excluding tert-OH is 2. The van der Waals surface area contributed by atoms with Crippen LogP contribution in [0.3, 0.4) is 0 Å². The number of benzene rings is 1. The van der Waals surface area contributed by atoms with Crippen molar-refractivity contribution < 1.29 is 14.6 Å². The number of nitrogens with zero attached hydrogens (tertiary/aromatic N) is 3. The first kappa shape index (κ1) is 13.8. The van der Waals surface area contributed by atoms with E-state index in [4.69, 9.17) is 5.53 Å². The fourth-order valence-electron chi connectivity index (χ4n) is 1.74. The normalized spacial score (nSPS) is 13.7. The van der Waals surface area contributed by atoms with Crippen LogP contribution < -0.4 is 11.4 Å². The van der Waals surface area contributed by atoms with E-state index in [0.717, 1.165) is 0 Å². The van der Waals surface area contributed by atoms with Gasteiger partial charge < -0.3 is 14.6 Å². The van der Waals surface area contributed by atoms with Crippen LogP contribution >= 0.6 is 0 Å². The predicted molar refractivity (Wildman–Crippen MR) is 68.1 cm³/mol. The highest BCUT2D eigenvalue weighted by Crippen LogP contribution is 2.20. The molecule has 0 saturated heterocycles. The van der Waals surface area contributed by atoms with E-state index in [9.17, 15) is 19.8 Å². The highest BCUT2D eigenvalue weighted by Gasteiger charge is 2.18. The second kappa shape index (κ2) is 5.57. The van der Waals surface area contributed by atoms with Gasteiger partial charge in [-0.1, -0.05) is 11.2 Å². The number of aliphatic hydroxyl groups is 2. The maximum Gasteiger partial charge on any atom is 0.419 e. The summed E-state index contributed by atoms with van der Waals surface area (Å²) in [5.74, 6) is -0.876. The van der Waals surface area contributed by atoms with Crippen LogP contribution in [0.25, 0.3) is 21.3 Å². The third-order valence-corrected chi connectivity index (χ3v) is 2.72. The first-order chi connectivity index (χ1) is 9.52. The van der Waals surface area contributed by atoms with Crippen molar-refractivity contribution in [1.29, 1.82) is 0 Å². The number of aromatic amines is 1. The van der Waals surface area contributed by atoms with Crippen molar-refractivity contribution in [3.8, 4) is 0 Å². The van der Waals surface area contributed by atoms with Gasteiger partial charge in [-0.25, -0.2) is 9.59 Å². The lowest BCUT2D eigenvalue weighted by molar-refractivity contribution is 0.0245. The van der Waals surface area contributed by atoms with Crippen LogP contribution in [-0.2, 0) is 0 Å². The molecule has 0 amide bonds. The molecule has 1 aromatic carbocycles. The molecule has 0 spiro atoms. The number of rotatable bonds is 4. The van der Waals surface area contributed by atoms with Gasteiger partial charge in [-0.2, -0.15) is 0 Å². The van der Waals surface area contributed by atoms with Gasteiger partial charge in [0.15, 0.2) is 0 Å². The van der Waals surface area contributed by atoms with Gasteiger partial charge in [0, 0.05) is 4.91 Å². The number of azide groups is 1. The van der Waals surface area contributed by atoms with Gasteiger partial charge in [-0.05, 0) is 23.2 Å². The lowest BCUT2D eigenvalue weighted by atomic mass is 10.0. The Kier molecular flexibility index (Phi) is 3.85. The minimum atomic E-state index is -1.34. The predicted octanol–water partition coefficient (Wildman–Crippen LogP) is 0.186. The minimum Gasteiger partial charge on any atom is -0.390 e. The summed E-state index contributed by atoms with van der Waals surface area (Å²) >= 11 is 0. The van der Waals surface area contributed by atoms with Crippen molar-refractivity contribution in [1.82, 2.24) is 4.98 Å². The summed E-state index contributed by atoms with van der Waals surface area (Å²) in [6.45, 7) is -0.310. The molecule has 0 aliphatic rings. The maximum atomic E-state index is 11.5. The maximum absolute atomic E-state index is 11.5. The van der Waals surface area contributed by atoms with E-state index in [1.165, 1.54) is 18.2 Å². The van der Waals surface area contributed by atoms with Crippen LogP contribution in [0.5, 0.6) is 0 Å². The summed E-state index contributed by atoms with van der Waals surface area (Å²) in [7, 11) is 0. The fourth-order valence-corrected chi connectivity index (χ4v) is 1.74. The number of hydrogen-bond acceptors (Lipinski definition) is 6. The average Bonchev–Trinajstić information content (AvgIpc) is 2.43.